The first-order valence-electron chi connectivity index (χ1n) is 8.37. The van der Waals surface area contributed by atoms with Gasteiger partial charge in [0, 0.05) is 34.1 Å². The summed E-state index contributed by atoms with van der Waals surface area (Å²) in [7, 11) is -3.62. The van der Waals surface area contributed by atoms with E-state index in [9.17, 15) is 13.2 Å². The smallest absolute Gasteiger partial charge is 0.241 e. The Morgan fingerprint density at radius 1 is 1.21 bits per heavy atom. The maximum Gasteiger partial charge on any atom is 0.241 e. The van der Waals surface area contributed by atoms with Crippen LogP contribution in [-0.4, -0.2) is 24.7 Å². The SMILES string of the molecule is CCc1cc2c3c([nH]c2cc1S(=O)(=O)NC(C)(C)C)CCCC3=O. The van der Waals surface area contributed by atoms with E-state index >= 15 is 0 Å². The highest BCUT2D eigenvalue weighted by atomic mass is 32.2. The molecule has 24 heavy (non-hydrogen) atoms. The number of aromatic amines is 1. The van der Waals surface area contributed by atoms with Gasteiger partial charge in [-0.15, -0.1) is 0 Å². The fourth-order valence-electron chi connectivity index (χ4n) is 3.36. The number of nitrogens with one attached hydrogen (secondary N) is 2. The topological polar surface area (TPSA) is 79.0 Å². The number of aryl methyl sites for hydroxylation is 2. The molecule has 0 saturated heterocycles. The van der Waals surface area contributed by atoms with Gasteiger partial charge in [-0.25, -0.2) is 13.1 Å². The van der Waals surface area contributed by atoms with E-state index < -0.39 is 15.6 Å². The summed E-state index contributed by atoms with van der Waals surface area (Å²) in [6, 6.07) is 3.54. The molecule has 3 rings (SSSR count). The van der Waals surface area contributed by atoms with Crippen LogP contribution in [0.2, 0.25) is 0 Å². The fraction of sp³-hybridized carbons (Fsp3) is 0.500. The average Bonchev–Trinajstić information content (AvgIpc) is 2.82. The van der Waals surface area contributed by atoms with Gasteiger partial charge < -0.3 is 4.98 Å². The van der Waals surface area contributed by atoms with Crippen molar-refractivity contribution in [2.24, 2.45) is 0 Å². The second-order valence-corrected chi connectivity index (χ2v) is 9.12. The van der Waals surface area contributed by atoms with Gasteiger partial charge in [-0.05, 0) is 57.7 Å². The van der Waals surface area contributed by atoms with Gasteiger partial charge >= 0.3 is 0 Å². The maximum absolute atomic E-state index is 12.8. The van der Waals surface area contributed by atoms with Crippen molar-refractivity contribution in [3.63, 3.8) is 0 Å². The number of hydrogen-bond donors (Lipinski definition) is 2. The molecular weight excluding hydrogens is 324 g/mol. The molecule has 0 aliphatic heterocycles. The Labute approximate surface area is 142 Å². The monoisotopic (exact) mass is 348 g/mol. The van der Waals surface area contributed by atoms with Crippen LogP contribution in [0.1, 0.15) is 62.2 Å². The Morgan fingerprint density at radius 3 is 2.54 bits per heavy atom. The molecular formula is C18H24N2O3S. The molecule has 1 heterocycles. The molecule has 0 saturated carbocycles. The van der Waals surface area contributed by atoms with E-state index in [0.29, 0.717) is 17.7 Å². The number of ketones is 1. The second-order valence-electron chi connectivity index (χ2n) is 7.47. The normalized spacial score (nSPS) is 15.8. The lowest BCUT2D eigenvalue weighted by Gasteiger charge is -2.21. The second kappa shape index (κ2) is 5.70. The van der Waals surface area contributed by atoms with Gasteiger partial charge in [0.05, 0.1) is 4.90 Å². The number of benzene rings is 1. The summed E-state index contributed by atoms with van der Waals surface area (Å²) in [5.74, 6) is 0.146. The minimum atomic E-state index is -3.62. The number of fused-ring (bicyclic) bond motifs is 3. The van der Waals surface area contributed by atoms with Crippen molar-refractivity contribution in [1.82, 2.24) is 9.71 Å². The number of aromatic nitrogens is 1. The van der Waals surface area contributed by atoms with Crippen molar-refractivity contribution >= 4 is 26.7 Å². The Morgan fingerprint density at radius 2 is 1.92 bits per heavy atom. The summed E-state index contributed by atoms with van der Waals surface area (Å²) in [6.07, 6.45) is 2.83. The van der Waals surface area contributed by atoms with E-state index in [1.807, 2.05) is 33.8 Å². The van der Waals surface area contributed by atoms with Crippen molar-refractivity contribution < 1.29 is 13.2 Å². The van der Waals surface area contributed by atoms with E-state index in [-0.39, 0.29) is 5.78 Å². The van der Waals surface area contributed by atoms with Gasteiger partial charge in [-0.2, -0.15) is 0 Å². The molecule has 1 aliphatic carbocycles. The molecule has 5 nitrogen and oxygen atoms in total. The zero-order chi connectivity index (χ0) is 17.7. The lowest BCUT2D eigenvalue weighted by molar-refractivity contribution is 0.0974. The Hall–Kier alpha value is -1.66. The van der Waals surface area contributed by atoms with Crippen molar-refractivity contribution in [2.45, 2.75) is 63.8 Å². The summed E-state index contributed by atoms with van der Waals surface area (Å²) in [6.45, 7) is 7.39. The first-order chi connectivity index (χ1) is 11.1. The predicted octanol–water partition coefficient (Wildman–Crippen LogP) is 3.33. The maximum atomic E-state index is 12.8. The van der Waals surface area contributed by atoms with E-state index in [1.54, 1.807) is 6.07 Å². The predicted molar refractivity (Wildman–Crippen MR) is 95.0 cm³/mol. The highest BCUT2D eigenvalue weighted by Gasteiger charge is 2.27. The molecule has 0 atom stereocenters. The van der Waals surface area contributed by atoms with Crippen LogP contribution in [0, 0.1) is 0 Å². The first kappa shape index (κ1) is 17.2. The van der Waals surface area contributed by atoms with Gasteiger partial charge in [0.2, 0.25) is 10.0 Å². The minimum absolute atomic E-state index is 0.146. The Kier molecular flexibility index (Phi) is 4.08. The third-order valence-electron chi connectivity index (χ3n) is 4.28. The number of sulfonamides is 1. The van der Waals surface area contributed by atoms with Crippen molar-refractivity contribution in [1.29, 1.82) is 0 Å². The van der Waals surface area contributed by atoms with Crippen LogP contribution >= 0.6 is 0 Å². The Bertz CT molecular complexity index is 918. The molecule has 2 aromatic rings. The van der Waals surface area contributed by atoms with E-state index in [0.717, 1.165) is 40.6 Å². The Balaban J connectivity index is 2.22. The van der Waals surface area contributed by atoms with E-state index in [2.05, 4.69) is 9.71 Å². The summed E-state index contributed by atoms with van der Waals surface area (Å²) >= 11 is 0. The summed E-state index contributed by atoms with van der Waals surface area (Å²) in [4.78, 5) is 15.8. The molecule has 1 aromatic carbocycles. The largest absolute Gasteiger partial charge is 0.358 e. The molecule has 2 N–H and O–H groups in total. The summed E-state index contributed by atoms with van der Waals surface area (Å²) in [5, 5.41) is 0.848. The highest BCUT2D eigenvalue weighted by molar-refractivity contribution is 7.89. The van der Waals surface area contributed by atoms with Crippen molar-refractivity contribution in [3.8, 4) is 0 Å². The standard InChI is InChI=1S/C18H24N2O3S/c1-5-11-9-12-14(19-13-7-6-8-15(21)17(12)13)10-16(11)24(22,23)20-18(2,3)4/h9-10,19-20H,5-8H2,1-4H3. The molecule has 1 aromatic heterocycles. The van der Waals surface area contributed by atoms with Crippen molar-refractivity contribution in [3.05, 3.63) is 29.0 Å². The molecule has 0 amide bonds. The van der Waals surface area contributed by atoms with Crippen molar-refractivity contribution in [2.75, 3.05) is 0 Å². The zero-order valence-electron chi connectivity index (χ0n) is 14.6. The molecule has 1 aliphatic rings. The van der Waals surface area contributed by atoms with Crippen LogP contribution in [0.5, 0.6) is 0 Å². The van der Waals surface area contributed by atoms with Crippen LogP contribution in [0.25, 0.3) is 10.9 Å². The van der Waals surface area contributed by atoms with E-state index in [1.165, 1.54) is 0 Å². The number of carbonyl (C=O) groups excluding carboxylic acids is 1. The van der Waals surface area contributed by atoms with Crippen LogP contribution in [-0.2, 0) is 22.9 Å². The summed E-state index contributed by atoms with van der Waals surface area (Å²) < 4.78 is 28.3. The van der Waals surface area contributed by atoms with Crippen LogP contribution in [0.15, 0.2) is 17.0 Å². The molecule has 0 bridgehead atoms. The number of Topliss-reactive ketones (excluding diaryl/α,β-unsaturated/α-hetero) is 1. The average molecular weight is 348 g/mol. The molecule has 0 unspecified atom stereocenters. The summed E-state index contributed by atoms with van der Waals surface area (Å²) in [5.41, 5.74) is 2.59. The van der Waals surface area contributed by atoms with Gasteiger partial charge in [-0.1, -0.05) is 6.92 Å². The third kappa shape index (κ3) is 3.00. The third-order valence-corrected chi connectivity index (χ3v) is 6.12. The minimum Gasteiger partial charge on any atom is -0.358 e. The fourth-order valence-corrected chi connectivity index (χ4v) is 5.10. The number of carbonyl (C=O) groups is 1. The lowest BCUT2D eigenvalue weighted by Crippen LogP contribution is -2.40. The highest BCUT2D eigenvalue weighted by Crippen LogP contribution is 2.32. The number of rotatable bonds is 3. The molecule has 130 valence electrons. The van der Waals surface area contributed by atoms with Gasteiger partial charge in [0.25, 0.3) is 0 Å². The van der Waals surface area contributed by atoms with Crippen LogP contribution in [0.4, 0.5) is 0 Å². The molecule has 6 heteroatoms. The zero-order valence-corrected chi connectivity index (χ0v) is 15.4. The van der Waals surface area contributed by atoms with Crippen LogP contribution in [0.3, 0.4) is 0 Å². The first-order valence-corrected chi connectivity index (χ1v) is 9.85. The van der Waals surface area contributed by atoms with Gasteiger partial charge in [-0.3, -0.25) is 4.79 Å². The quantitative estimate of drug-likeness (QED) is 0.893. The molecule has 0 fully saturated rings. The van der Waals surface area contributed by atoms with Gasteiger partial charge in [0.15, 0.2) is 5.78 Å². The molecule has 0 radical (unpaired) electrons. The van der Waals surface area contributed by atoms with Crippen LogP contribution < -0.4 is 4.72 Å². The van der Waals surface area contributed by atoms with E-state index in [4.69, 9.17) is 0 Å². The number of H-pyrrole nitrogens is 1. The lowest BCUT2D eigenvalue weighted by atomic mass is 9.94. The van der Waals surface area contributed by atoms with Gasteiger partial charge in [0.1, 0.15) is 0 Å². The number of hydrogen-bond acceptors (Lipinski definition) is 3. The molecule has 0 spiro atoms.